The Morgan fingerprint density at radius 2 is 2.09 bits per heavy atom. The molecule has 1 aliphatic heterocycles. The lowest BCUT2D eigenvalue weighted by atomic mass is 9.84. The van der Waals surface area contributed by atoms with Crippen LogP contribution in [0, 0.1) is 5.92 Å². The SMILES string of the molecule is COc1cc(CCC(=O)NC2CCC(CCN3CCc4nc(OCC(F)F)sc4CC3)CC2)on1. The average Bonchev–Trinajstić information content (AvgIpc) is 3.44. The number of alkyl halides is 2. The summed E-state index contributed by atoms with van der Waals surface area (Å²) in [5, 5.41) is 7.29. The number of rotatable bonds is 11. The van der Waals surface area contributed by atoms with Crippen LogP contribution in [-0.4, -0.2) is 66.8 Å². The topological polar surface area (TPSA) is 89.7 Å². The van der Waals surface area contributed by atoms with Crippen LogP contribution in [0.5, 0.6) is 11.1 Å². The van der Waals surface area contributed by atoms with E-state index in [4.69, 9.17) is 14.0 Å². The number of fused-ring (bicyclic) bond motifs is 1. The standard InChI is InChI=1S/C24H34F2N4O4S/c1-32-23-14-18(34-29-23)6-7-22(31)27-17-4-2-16(3-5-17)8-11-30-12-9-19-20(10-13-30)35-24(28-19)33-15-21(25)26/h14,16-17,21H,2-13,15H2,1H3,(H,27,31). The highest BCUT2D eigenvalue weighted by Gasteiger charge is 2.24. The maximum Gasteiger partial charge on any atom is 0.273 e. The molecule has 1 N–H and O–H groups in total. The number of hydrogen-bond acceptors (Lipinski definition) is 8. The molecule has 1 aliphatic carbocycles. The number of carbonyl (C=O) groups is 1. The second kappa shape index (κ2) is 12.6. The van der Waals surface area contributed by atoms with Crippen LogP contribution in [0.25, 0.3) is 0 Å². The van der Waals surface area contributed by atoms with Gasteiger partial charge in [0, 0.05) is 49.3 Å². The van der Waals surface area contributed by atoms with Crippen LogP contribution in [0.4, 0.5) is 8.78 Å². The predicted molar refractivity (Wildman–Crippen MR) is 127 cm³/mol. The first-order valence-electron chi connectivity index (χ1n) is 12.4. The van der Waals surface area contributed by atoms with E-state index in [1.807, 2.05) is 0 Å². The molecule has 8 nitrogen and oxygen atoms in total. The van der Waals surface area contributed by atoms with Gasteiger partial charge in [-0.2, -0.15) is 0 Å². The maximum absolute atomic E-state index is 12.4. The Labute approximate surface area is 208 Å². The fourth-order valence-electron chi connectivity index (χ4n) is 4.81. The van der Waals surface area contributed by atoms with Crippen LogP contribution in [0.15, 0.2) is 10.6 Å². The Morgan fingerprint density at radius 1 is 1.29 bits per heavy atom. The summed E-state index contributed by atoms with van der Waals surface area (Å²) in [6.07, 6.45) is 5.63. The molecule has 1 saturated carbocycles. The second-order valence-corrected chi connectivity index (χ2v) is 10.3. The zero-order chi connectivity index (χ0) is 24.6. The number of nitrogens with zero attached hydrogens (tertiary/aromatic N) is 3. The van der Waals surface area contributed by atoms with Crippen molar-refractivity contribution in [1.29, 1.82) is 0 Å². The van der Waals surface area contributed by atoms with E-state index in [-0.39, 0.29) is 11.9 Å². The van der Waals surface area contributed by atoms with Crippen molar-refractivity contribution in [2.75, 3.05) is 33.4 Å². The van der Waals surface area contributed by atoms with Gasteiger partial charge in [0.25, 0.3) is 17.5 Å². The summed E-state index contributed by atoms with van der Waals surface area (Å²) in [7, 11) is 1.53. The fraction of sp³-hybridized carbons (Fsp3) is 0.708. The summed E-state index contributed by atoms with van der Waals surface area (Å²) in [4.78, 5) is 20.4. The average molecular weight is 513 g/mol. The molecule has 0 radical (unpaired) electrons. The molecular weight excluding hydrogens is 478 g/mol. The van der Waals surface area contributed by atoms with E-state index in [0.717, 1.165) is 75.2 Å². The van der Waals surface area contributed by atoms with E-state index < -0.39 is 13.0 Å². The number of amides is 1. The van der Waals surface area contributed by atoms with Crippen molar-refractivity contribution in [2.45, 2.75) is 70.3 Å². The van der Waals surface area contributed by atoms with Gasteiger partial charge in [0.1, 0.15) is 5.76 Å². The Kier molecular flexibility index (Phi) is 9.31. The van der Waals surface area contributed by atoms with Crippen LogP contribution < -0.4 is 14.8 Å². The monoisotopic (exact) mass is 512 g/mol. The number of halogens is 2. The largest absolute Gasteiger partial charge is 0.479 e. The minimum atomic E-state index is -2.48. The third-order valence-electron chi connectivity index (χ3n) is 6.82. The molecule has 0 spiro atoms. The Balaban J connectivity index is 1.10. The van der Waals surface area contributed by atoms with E-state index >= 15 is 0 Å². The number of methoxy groups -OCH3 is 1. The van der Waals surface area contributed by atoms with Gasteiger partial charge in [0.05, 0.1) is 12.8 Å². The van der Waals surface area contributed by atoms with Gasteiger partial charge in [-0.15, -0.1) is 0 Å². The molecule has 194 valence electrons. The normalized spacial score (nSPS) is 20.9. The lowest BCUT2D eigenvalue weighted by Gasteiger charge is -2.30. The number of ether oxygens (including phenoxy) is 2. The molecule has 2 aromatic rings. The molecule has 0 saturated heterocycles. The van der Waals surface area contributed by atoms with Crippen molar-refractivity contribution in [3.8, 4) is 11.1 Å². The molecule has 0 aromatic carbocycles. The van der Waals surface area contributed by atoms with Gasteiger partial charge in [-0.1, -0.05) is 11.3 Å². The van der Waals surface area contributed by atoms with Gasteiger partial charge in [-0.3, -0.25) is 4.79 Å². The molecule has 35 heavy (non-hydrogen) atoms. The summed E-state index contributed by atoms with van der Waals surface area (Å²) < 4.78 is 39.9. The van der Waals surface area contributed by atoms with E-state index in [1.54, 1.807) is 6.07 Å². The maximum atomic E-state index is 12.4. The summed E-state index contributed by atoms with van der Waals surface area (Å²) in [6.45, 7) is 2.37. The first-order chi connectivity index (χ1) is 17.0. The van der Waals surface area contributed by atoms with Gasteiger partial charge in [-0.25, -0.2) is 13.8 Å². The Hall–Kier alpha value is -2.27. The molecule has 0 bridgehead atoms. The van der Waals surface area contributed by atoms with Crippen LogP contribution in [0.3, 0.4) is 0 Å². The van der Waals surface area contributed by atoms with Crippen molar-refractivity contribution < 1.29 is 27.6 Å². The quantitative estimate of drug-likeness (QED) is 0.489. The van der Waals surface area contributed by atoms with E-state index in [2.05, 4.69) is 20.4 Å². The van der Waals surface area contributed by atoms with E-state index in [1.165, 1.54) is 18.4 Å². The number of thiazole rings is 1. The van der Waals surface area contributed by atoms with Crippen molar-refractivity contribution in [2.24, 2.45) is 5.92 Å². The van der Waals surface area contributed by atoms with Crippen molar-refractivity contribution in [1.82, 2.24) is 20.4 Å². The summed E-state index contributed by atoms with van der Waals surface area (Å²) in [5.41, 5.74) is 1.00. The van der Waals surface area contributed by atoms with Crippen molar-refractivity contribution in [3.63, 3.8) is 0 Å². The highest BCUT2D eigenvalue weighted by atomic mass is 32.1. The third kappa shape index (κ3) is 7.86. The Bertz CT molecular complexity index is 920. The van der Waals surface area contributed by atoms with Crippen LogP contribution >= 0.6 is 11.3 Å². The molecule has 3 heterocycles. The van der Waals surface area contributed by atoms with Gasteiger partial charge >= 0.3 is 0 Å². The molecule has 1 fully saturated rings. The zero-order valence-corrected chi connectivity index (χ0v) is 21.0. The van der Waals surface area contributed by atoms with E-state index in [9.17, 15) is 13.6 Å². The van der Waals surface area contributed by atoms with Gasteiger partial charge in [-0.05, 0) is 56.1 Å². The van der Waals surface area contributed by atoms with Crippen LogP contribution in [-0.2, 0) is 24.1 Å². The third-order valence-corrected chi connectivity index (χ3v) is 7.89. The summed E-state index contributed by atoms with van der Waals surface area (Å²) in [5.74, 6) is 1.82. The minimum absolute atomic E-state index is 0.0530. The van der Waals surface area contributed by atoms with Crippen LogP contribution in [0.1, 0.15) is 54.9 Å². The summed E-state index contributed by atoms with van der Waals surface area (Å²) in [6, 6.07) is 1.96. The second-order valence-electron chi connectivity index (χ2n) is 9.30. The first-order valence-corrected chi connectivity index (χ1v) is 13.2. The molecule has 4 rings (SSSR count). The molecule has 1 amide bonds. The molecule has 2 aliphatic rings. The number of carbonyl (C=O) groups excluding carboxylic acids is 1. The molecular formula is C24H34F2N4O4S. The lowest BCUT2D eigenvalue weighted by molar-refractivity contribution is -0.122. The fourth-order valence-corrected chi connectivity index (χ4v) is 5.76. The minimum Gasteiger partial charge on any atom is -0.479 e. The smallest absolute Gasteiger partial charge is 0.273 e. The van der Waals surface area contributed by atoms with Crippen LogP contribution in [0.2, 0.25) is 0 Å². The lowest BCUT2D eigenvalue weighted by Crippen LogP contribution is -2.38. The number of aromatic nitrogens is 2. The highest BCUT2D eigenvalue weighted by molar-refractivity contribution is 7.13. The van der Waals surface area contributed by atoms with Crippen molar-refractivity contribution in [3.05, 3.63) is 22.4 Å². The Morgan fingerprint density at radius 3 is 2.83 bits per heavy atom. The van der Waals surface area contributed by atoms with Crippen molar-refractivity contribution >= 4 is 17.2 Å². The number of hydrogen-bond donors (Lipinski definition) is 1. The molecule has 0 unspecified atom stereocenters. The molecule has 11 heteroatoms. The highest BCUT2D eigenvalue weighted by Crippen LogP contribution is 2.30. The van der Waals surface area contributed by atoms with Gasteiger partial charge in [0.15, 0.2) is 6.61 Å². The summed E-state index contributed by atoms with van der Waals surface area (Å²) >= 11 is 1.41. The first kappa shape index (κ1) is 25.8. The predicted octanol–water partition coefficient (Wildman–Crippen LogP) is 3.88. The molecule has 0 atom stereocenters. The molecule has 2 aromatic heterocycles. The zero-order valence-electron chi connectivity index (χ0n) is 20.1. The van der Waals surface area contributed by atoms with Gasteiger partial charge < -0.3 is 24.2 Å². The number of aryl methyl sites for hydroxylation is 1. The number of nitrogens with one attached hydrogen (secondary N) is 1. The van der Waals surface area contributed by atoms with Gasteiger partial charge in [0.2, 0.25) is 5.91 Å². The van der Waals surface area contributed by atoms with E-state index in [0.29, 0.717) is 35.6 Å².